The number of aliphatic hydroxyl groups is 2. The molecule has 0 heterocycles. The lowest BCUT2D eigenvalue weighted by atomic mass is 9.98. The normalized spacial score (nSPS) is 14.5. The van der Waals surface area contributed by atoms with Gasteiger partial charge >= 0.3 is 0 Å². The highest BCUT2D eigenvalue weighted by Crippen LogP contribution is 2.27. The van der Waals surface area contributed by atoms with Gasteiger partial charge in [-0.3, -0.25) is 4.79 Å². The van der Waals surface area contributed by atoms with Crippen molar-refractivity contribution in [2.45, 2.75) is 26.1 Å². The number of nitrogens with two attached hydrogens (primary N) is 1. The van der Waals surface area contributed by atoms with E-state index in [1.807, 2.05) is 0 Å². The maximum Gasteiger partial charge on any atom is 0.249 e. The summed E-state index contributed by atoms with van der Waals surface area (Å²) in [6.07, 6.45) is -3.03. The minimum absolute atomic E-state index is 0.129. The number of aliphatic hydroxyl groups excluding tert-OH is 2. The molecule has 5 heteroatoms. The fraction of sp³-hybridized carbons (Fsp3) is 0.364. The molecule has 2 atom stereocenters. The van der Waals surface area contributed by atoms with Crippen LogP contribution in [0.3, 0.4) is 0 Å². The number of hydrogen-bond acceptors (Lipinski definition) is 4. The molecule has 0 aromatic heterocycles. The fourth-order valence-electron chi connectivity index (χ4n) is 1.50. The van der Waals surface area contributed by atoms with Crippen molar-refractivity contribution in [2.75, 3.05) is 0 Å². The van der Waals surface area contributed by atoms with Gasteiger partial charge in [0.2, 0.25) is 5.91 Å². The minimum Gasteiger partial charge on any atom is -0.507 e. The molecule has 5 N–H and O–H groups in total. The van der Waals surface area contributed by atoms with Crippen molar-refractivity contribution in [1.29, 1.82) is 0 Å². The van der Waals surface area contributed by atoms with Gasteiger partial charge in [0.05, 0.1) is 0 Å². The average Bonchev–Trinajstić information content (AvgIpc) is 2.22. The Morgan fingerprint density at radius 1 is 1.25 bits per heavy atom. The third-order valence-electron chi connectivity index (χ3n) is 2.45. The van der Waals surface area contributed by atoms with Crippen LogP contribution >= 0.6 is 0 Å². The van der Waals surface area contributed by atoms with Crippen LogP contribution in [-0.2, 0) is 4.79 Å². The van der Waals surface area contributed by atoms with Crippen molar-refractivity contribution in [1.82, 2.24) is 0 Å². The van der Waals surface area contributed by atoms with Gasteiger partial charge < -0.3 is 21.1 Å². The first-order valence-electron chi connectivity index (χ1n) is 4.80. The van der Waals surface area contributed by atoms with E-state index < -0.39 is 18.1 Å². The zero-order valence-corrected chi connectivity index (χ0v) is 9.14. The van der Waals surface area contributed by atoms with E-state index in [1.165, 1.54) is 12.1 Å². The topological polar surface area (TPSA) is 104 Å². The summed E-state index contributed by atoms with van der Waals surface area (Å²) < 4.78 is 0. The standard InChI is InChI=1S/C11H15NO4/c1-5-3-7(4-6(2)8(5)13)9(14)10(15)11(12)16/h3-4,9-10,13-15H,1-2H3,(H2,12,16). The maximum atomic E-state index is 10.7. The number of aryl methyl sites for hydroxylation is 2. The van der Waals surface area contributed by atoms with Crippen LogP contribution in [0.5, 0.6) is 5.75 Å². The van der Waals surface area contributed by atoms with E-state index in [9.17, 15) is 20.1 Å². The molecule has 1 aromatic rings. The molecule has 0 saturated carbocycles. The third-order valence-corrected chi connectivity index (χ3v) is 2.45. The van der Waals surface area contributed by atoms with E-state index in [2.05, 4.69) is 0 Å². The number of rotatable bonds is 3. The lowest BCUT2D eigenvalue weighted by molar-refractivity contribution is -0.131. The highest BCUT2D eigenvalue weighted by molar-refractivity contribution is 5.79. The second-order valence-electron chi connectivity index (χ2n) is 3.80. The molecule has 0 aliphatic rings. The summed E-state index contributed by atoms with van der Waals surface area (Å²) in [7, 11) is 0. The van der Waals surface area contributed by atoms with Crippen molar-refractivity contribution < 1.29 is 20.1 Å². The van der Waals surface area contributed by atoms with E-state index in [1.54, 1.807) is 13.8 Å². The van der Waals surface area contributed by atoms with Crippen LogP contribution in [0.4, 0.5) is 0 Å². The van der Waals surface area contributed by atoms with Crippen LogP contribution < -0.4 is 5.73 Å². The fourth-order valence-corrected chi connectivity index (χ4v) is 1.50. The molecule has 0 bridgehead atoms. The zero-order valence-electron chi connectivity index (χ0n) is 9.14. The average molecular weight is 225 g/mol. The van der Waals surface area contributed by atoms with Crippen LogP contribution in [0.1, 0.15) is 22.8 Å². The lowest BCUT2D eigenvalue weighted by Gasteiger charge is -2.17. The predicted molar refractivity (Wildman–Crippen MR) is 57.7 cm³/mol. The smallest absolute Gasteiger partial charge is 0.249 e. The van der Waals surface area contributed by atoms with E-state index in [4.69, 9.17) is 5.73 Å². The Labute approximate surface area is 93.1 Å². The monoisotopic (exact) mass is 225 g/mol. The summed E-state index contributed by atoms with van der Waals surface area (Å²) in [5.74, 6) is -0.861. The van der Waals surface area contributed by atoms with E-state index >= 15 is 0 Å². The highest BCUT2D eigenvalue weighted by Gasteiger charge is 2.24. The summed E-state index contributed by atoms with van der Waals surface area (Å²) in [6.45, 7) is 3.32. The molecule has 5 nitrogen and oxygen atoms in total. The second kappa shape index (κ2) is 4.51. The van der Waals surface area contributed by atoms with Crippen molar-refractivity contribution >= 4 is 5.91 Å². The number of aromatic hydroxyl groups is 1. The molecular formula is C11H15NO4. The van der Waals surface area contributed by atoms with E-state index in [0.717, 1.165) is 0 Å². The van der Waals surface area contributed by atoms with Gasteiger partial charge in [-0.2, -0.15) is 0 Å². The van der Waals surface area contributed by atoms with Crippen molar-refractivity contribution in [2.24, 2.45) is 5.73 Å². The van der Waals surface area contributed by atoms with Crippen LogP contribution in [0.2, 0.25) is 0 Å². The molecule has 2 unspecified atom stereocenters. The number of hydrogen-bond donors (Lipinski definition) is 4. The Balaban J connectivity index is 3.10. The molecule has 1 amide bonds. The molecule has 0 radical (unpaired) electrons. The quantitative estimate of drug-likeness (QED) is 0.576. The number of phenols is 1. The number of phenolic OH excluding ortho intramolecular Hbond substituents is 1. The second-order valence-corrected chi connectivity index (χ2v) is 3.80. The molecular weight excluding hydrogens is 210 g/mol. The summed E-state index contributed by atoms with van der Waals surface area (Å²) in [5.41, 5.74) is 6.35. The molecule has 0 aliphatic carbocycles. The number of carbonyl (C=O) groups excluding carboxylic acids is 1. The SMILES string of the molecule is Cc1cc(C(O)C(O)C(N)=O)cc(C)c1O. The van der Waals surface area contributed by atoms with Crippen LogP contribution in [0.15, 0.2) is 12.1 Å². The Kier molecular flexibility index (Phi) is 3.51. The van der Waals surface area contributed by atoms with Gasteiger partial charge in [-0.25, -0.2) is 0 Å². The molecule has 0 spiro atoms. The van der Waals surface area contributed by atoms with Crippen molar-refractivity contribution in [3.8, 4) is 5.75 Å². The molecule has 0 fully saturated rings. The van der Waals surface area contributed by atoms with Crippen molar-refractivity contribution in [3.63, 3.8) is 0 Å². The number of amides is 1. The largest absolute Gasteiger partial charge is 0.507 e. The molecule has 0 aliphatic heterocycles. The van der Waals surface area contributed by atoms with Gasteiger partial charge in [-0.15, -0.1) is 0 Å². The van der Waals surface area contributed by atoms with Gasteiger partial charge in [-0.1, -0.05) is 0 Å². The van der Waals surface area contributed by atoms with E-state index in [-0.39, 0.29) is 5.75 Å². The van der Waals surface area contributed by atoms with Crippen LogP contribution in [0, 0.1) is 13.8 Å². The summed E-state index contributed by atoms with van der Waals surface area (Å²) in [6, 6.07) is 3.00. The maximum absolute atomic E-state index is 10.7. The Bertz CT molecular complexity index is 393. The third kappa shape index (κ3) is 2.32. The van der Waals surface area contributed by atoms with Gasteiger partial charge in [0, 0.05) is 0 Å². The summed E-state index contributed by atoms with van der Waals surface area (Å²) in [5, 5.41) is 28.5. The number of benzene rings is 1. The number of carbonyl (C=O) groups is 1. The van der Waals surface area contributed by atoms with Gasteiger partial charge in [-0.05, 0) is 42.7 Å². The molecule has 1 rings (SSSR count). The highest BCUT2D eigenvalue weighted by atomic mass is 16.3. The van der Waals surface area contributed by atoms with Crippen molar-refractivity contribution in [3.05, 3.63) is 28.8 Å². The zero-order chi connectivity index (χ0) is 12.5. The van der Waals surface area contributed by atoms with E-state index in [0.29, 0.717) is 16.7 Å². The number of primary amides is 1. The lowest BCUT2D eigenvalue weighted by Crippen LogP contribution is -2.33. The first kappa shape index (κ1) is 12.5. The molecule has 16 heavy (non-hydrogen) atoms. The Morgan fingerprint density at radius 2 is 1.69 bits per heavy atom. The minimum atomic E-state index is -1.65. The Hall–Kier alpha value is -1.59. The van der Waals surface area contributed by atoms with Gasteiger partial charge in [0.15, 0.2) is 6.10 Å². The predicted octanol–water partition coefficient (Wildman–Crippen LogP) is -0.111. The van der Waals surface area contributed by atoms with Gasteiger partial charge in [0.25, 0.3) is 0 Å². The first-order chi connectivity index (χ1) is 7.34. The summed E-state index contributed by atoms with van der Waals surface area (Å²) in [4.78, 5) is 10.7. The summed E-state index contributed by atoms with van der Waals surface area (Å²) >= 11 is 0. The Morgan fingerprint density at radius 3 is 2.06 bits per heavy atom. The van der Waals surface area contributed by atoms with Crippen LogP contribution in [0.25, 0.3) is 0 Å². The molecule has 0 saturated heterocycles. The molecule has 1 aromatic carbocycles. The first-order valence-corrected chi connectivity index (χ1v) is 4.80. The van der Waals surface area contributed by atoms with Gasteiger partial charge in [0.1, 0.15) is 11.9 Å². The molecule has 88 valence electrons. The van der Waals surface area contributed by atoms with Crippen LogP contribution in [-0.4, -0.2) is 27.3 Å².